The average Bonchev–Trinajstić information content (AvgIpc) is 2.59. The zero-order valence-electron chi connectivity index (χ0n) is 7.99. The lowest BCUT2D eigenvalue weighted by Gasteiger charge is -2.29. The van der Waals surface area contributed by atoms with Crippen LogP contribution in [0.4, 0.5) is 0 Å². The van der Waals surface area contributed by atoms with Crippen molar-refractivity contribution < 1.29 is 9.47 Å². The molecular formula is C10H12N2O2. The molecule has 0 radical (unpaired) electrons. The average molecular weight is 192 g/mol. The highest BCUT2D eigenvalue weighted by molar-refractivity contribution is 5.83. The number of allylic oxidation sites excluding steroid dienone is 1. The van der Waals surface area contributed by atoms with E-state index in [1.807, 2.05) is 13.0 Å². The third-order valence-corrected chi connectivity index (χ3v) is 2.62. The lowest BCUT2D eigenvalue weighted by atomic mass is 10.0. The first-order chi connectivity index (χ1) is 6.84. The molecule has 1 N–H and O–H groups in total. The second-order valence-electron chi connectivity index (χ2n) is 3.61. The van der Waals surface area contributed by atoms with Crippen LogP contribution in [-0.4, -0.2) is 31.1 Å². The highest BCUT2D eigenvalue weighted by Crippen LogP contribution is 2.28. The van der Waals surface area contributed by atoms with Gasteiger partial charge in [0.25, 0.3) is 0 Å². The molecule has 0 bridgehead atoms. The van der Waals surface area contributed by atoms with Gasteiger partial charge in [-0.3, -0.25) is 4.99 Å². The minimum atomic E-state index is 0.148. The topological polar surface area (TPSA) is 42.9 Å². The van der Waals surface area contributed by atoms with Crippen molar-refractivity contribution in [3.05, 3.63) is 23.7 Å². The number of aliphatic imine (C=N–C) groups is 1. The molecule has 0 saturated carbocycles. The van der Waals surface area contributed by atoms with Gasteiger partial charge in [-0.2, -0.15) is 0 Å². The minimum absolute atomic E-state index is 0.148. The Morgan fingerprint density at radius 3 is 3.21 bits per heavy atom. The van der Waals surface area contributed by atoms with Crippen LogP contribution >= 0.6 is 0 Å². The van der Waals surface area contributed by atoms with Gasteiger partial charge >= 0.3 is 0 Å². The van der Waals surface area contributed by atoms with Crippen molar-refractivity contribution >= 4 is 5.84 Å². The van der Waals surface area contributed by atoms with Gasteiger partial charge in [0, 0.05) is 0 Å². The van der Waals surface area contributed by atoms with Gasteiger partial charge in [0.15, 0.2) is 11.5 Å². The maximum absolute atomic E-state index is 5.61. The third-order valence-electron chi connectivity index (χ3n) is 2.62. The summed E-state index contributed by atoms with van der Waals surface area (Å²) < 4.78 is 11.1. The first-order valence-electron chi connectivity index (χ1n) is 4.83. The molecule has 1 aliphatic carbocycles. The standard InChI is InChI=1S/C10H12N2O2/c1-6-11-7-2-3-8-10(9(7)12-6)14-5-4-13-8/h2-3,7,9H,4-5H2,1H3,(H,11,12). The lowest BCUT2D eigenvalue weighted by molar-refractivity contribution is 0.0562. The molecule has 3 rings (SSSR count). The Bertz CT molecular complexity index is 357. The second-order valence-corrected chi connectivity index (χ2v) is 3.61. The van der Waals surface area contributed by atoms with Gasteiger partial charge in [-0.15, -0.1) is 0 Å². The number of amidine groups is 1. The van der Waals surface area contributed by atoms with Crippen LogP contribution in [0.2, 0.25) is 0 Å². The van der Waals surface area contributed by atoms with Crippen LogP contribution < -0.4 is 5.32 Å². The van der Waals surface area contributed by atoms with Gasteiger partial charge in [0.1, 0.15) is 19.3 Å². The Morgan fingerprint density at radius 1 is 1.43 bits per heavy atom. The van der Waals surface area contributed by atoms with Crippen molar-refractivity contribution in [2.75, 3.05) is 13.2 Å². The SMILES string of the molecule is CC1=NC2C=CC3=C(OCCO3)C2N1. The lowest BCUT2D eigenvalue weighted by Crippen LogP contribution is -2.40. The Labute approximate surface area is 82.3 Å². The van der Waals surface area contributed by atoms with Crippen LogP contribution in [0.5, 0.6) is 0 Å². The van der Waals surface area contributed by atoms with Gasteiger partial charge in [-0.05, 0) is 13.0 Å². The summed E-state index contributed by atoms with van der Waals surface area (Å²) in [5, 5.41) is 3.29. The molecule has 0 amide bonds. The van der Waals surface area contributed by atoms with Gasteiger partial charge in [0.05, 0.1) is 11.9 Å². The fraction of sp³-hybridized carbons (Fsp3) is 0.500. The summed E-state index contributed by atoms with van der Waals surface area (Å²) in [4.78, 5) is 4.45. The van der Waals surface area contributed by atoms with Crippen LogP contribution in [0.1, 0.15) is 6.92 Å². The van der Waals surface area contributed by atoms with E-state index in [4.69, 9.17) is 9.47 Å². The molecule has 0 aromatic rings. The molecule has 2 atom stereocenters. The van der Waals surface area contributed by atoms with E-state index in [9.17, 15) is 0 Å². The normalized spacial score (nSPS) is 33.6. The Kier molecular flexibility index (Phi) is 1.56. The Balaban J connectivity index is 1.96. The molecule has 0 aromatic heterocycles. The number of nitrogens with one attached hydrogen (secondary N) is 1. The largest absolute Gasteiger partial charge is 0.488 e. The van der Waals surface area contributed by atoms with Crippen LogP contribution in [-0.2, 0) is 9.47 Å². The maximum atomic E-state index is 5.61. The smallest absolute Gasteiger partial charge is 0.163 e. The van der Waals surface area contributed by atoms with Gasteiger partial charge in [0.2, 0.25) is 0 Å². The van der Waals surface area contributed by atoms with E-state index in [-0.39, 0.29) is 12.1 Å². The van der Waals surface area contributed by atoms with Gasteiger partial charge in [-0.25, -0.2) is 0 Å². The molecule has 0 aromatic carbocycles. The number of rotatable bonds is 0. The van der Waals surface area contributed by atoms with Crippen molar-refractivity contribution in [1.82, 2.24) is 5.32 Å². The summed E-state index contributed by atoms with van der Waals surface area (Å²) in [5.41, 5.74) is 0. The van der Waals surface area contributed by atoms with Crippen LogP contribution in [0.3, 0.4) is 0 Å². The molecule has 74 valence electrons. The van der Waals surface area contributed by atoms with Crippen molar-refractivity contribution in [2.45, 2.75) is 19.0 Å². The van der Waals surface area contributed by atoms with E-state index in [0.717, 1.165) is 17.4 Å². The molecule has 0 fully saturated rings. The molecule has 0 saturated heterocycles. The van der Waals surface area contributed by atoms with Crippen LogP contribution in [0.15, 0.2) is 28.7 Å². The number of hydrogen-bond acceptors (Lipinski definition) is 4. The Hall–Kier alpha value is -1.45. The first kappa shape index (κ1) is 7.91. The van der Waals surface area contributed by atoms with Crippen molar-refractivity contribution in [1.29, 1.82) is 0 Å². The number of fused-ring (bicyclic) bond motifs is 2. The zero-order chi connectivity index (χ0) is 9.54. The van der Waals surface area contributed by atoms with Crippen molar-refractivity contribution in [3.8, 4) is 0 Å². The van der Waals surface area contributed by atoms with E-state index < -0.39 is 0 Å². The third kappa shape index (κ3) is 1.03. The van der Waals surface area contributed by atoms with Gasteiger partial charge in [-0.1, -0.05) is 6.08 Å². The van der Waals surface area contributed by atoms with Gasteiger partial charge < -0.3 is 14.8 Å². The van der Waals surface area contributed by atoms with E-state index in [0.29, 0.717) is 13.2 Å². The molecule has 14 heavy (non-hydrogen) atoms. The summed E-state index contributed by atoms with van der Waals surface area (Å²) in [5.74, 6) is 2.73. The quantitative estimate of drug-likeness (QED) is 0.610. The number of ether oxygens (including phenoxy) is 2. The summed E-state index contributed by atoms with van der Waals surface area (Å²) in [6, 6.07) is 0.325. The molecule has 4 heteroatoms. The summed E-state index contributed by atoms with van der Waals surface area (Å²) >= 11 is 0. The monoisotopic (exact) mass is 192 g/mol. The molecule has 0 spiro atoms. The Morgan fingerprint density at radius 2 is 2.29 bits per heavy atom. The highest BCUT2D eigenvalue weighted by atomic mass is 16.6. The van der Waals surface area contributed by atoms with Crippen molar-refractivity contribution in [2.24, 2.45) is 4.99 Å². The number of hydrogen-bond donors (Lipinski definition) is 1. The highest BCUT2D eigenvalue weighted by Gasteiger charge is 2.35. The first-order valence-corrected chi connectivity index (χ1v) is 4.83. The van der Waals surface area contributed by atoms with Crippen LogP contribution in [0, 0.1) is 0 Å². The summed E-state index contributed by atoms with van der Waals surface area (Å²) in [7, 11) is 0. The van der Waals surface area contributed by atoms with Crippen molar-refractivity contribution in [3.63, 3.8) is 0 Å². The van der Waals surface area contributed by atoms with E-state index in [1.165, 1.54) is 0 Å². The van der Waals surface area contributed by atoms with E-state index in [2.05, 4.69) is 16.4 Å². The predicted molar refractivity (Wildman–Crippen MR) is 51.9 cm³/mol. The molecule has 2 unspecified atom stereocenters. The number of nitrogens with zero attached hydrogens (tertiary/aromatic N) is 1. The molecule has 4 nitrogen and oxygen atoms in total. The van der Waals surface area contributed by atoms with Crippen LogP contribution in [0.25, 0.3) is 0 Å². The molecular weight excluding hydrogens is 180 g/mol. The predicted octanol–water partition coefficient (Wildman–Crippen LogP) is 0.573. The fourth-order valence-electron chi connectivity index (χ4n) is 2.03. The van der Waals surface area contributed by atoms with E-state index in [1.54, 1.807) is 0 Å². The molecule has 3 aliphatic rings. The fourth-order valence-corrected chi connectivity index (χ4v) is 2.03. The second kappa shape index (κ2) is 2.77. The minimum Gasteiger partial charge on any atom is -0.488 e. The summed E-state index contributed by atoms with van der Waals surface area (Å²) in [6.45, 7) is 3.24. The van der Waals surface area contributed by atoms with E-state index >= 15 is 0 Å². The zero-order valence-corrected chi connectivity index (χ0v) is 7.99. The maximum Gasteiger partial charge on any atom is 0.163 e. The molecule has 2 heterocycles. The summed E-state index contributed by atoms with van der Waals surface area (Å²) in [6.07, 6.45) is 4.02. The molecule has 2 aliphatic heterocycles.